The first-order valence-electron chi connectivity index (χ1n) is 11.7. The Morgan fingerprint density at radius 3 is 1.92 bits per heavy atom. The number of aromatic amines is 1. The molecule has 1 aliphatic rings. The van der Waals surface area contributed by atoms with Crippen LogP contribution >= 0.6 is 22.6 Å². The van der Waals surface area contributed by atoms with E-state index in [2.05, 4.69) is 84.5 Å². The minimum Gasteiger partial charge on any atom is -0.333 e. The predicted octanol–water partition coefficient (Wildman–Crippen LogP) is 5.29. The average molecular weight is 583 g/mol. The predicted molar refractivity (Wildman–Crippen MR) is 146 cm³/mol. The number of hydrogen-bond donors (Lipinski definition) is 2. The van der Waals surface area contributed by atoms with Crippen molar-refractivity contribution in [2.75, 3.05) is 0 Å². The number of nitrogens with zero attached hydrogens (tertiary/aromatic N) is 3. The zero-order valence-corrected chi connectivity index (χ0v) is 21.4. The van der Waals surface area contributed by atoms with Crippen LogP contribution < -0.4 is 5.32 Å². The number of benzene rings is 3. The van der Waals surface area contributed by atoms with Crippen molar-refractivity contribution in [1.29, 1.82) is 0 Å². The maximum Gasteiger partial charge on any atom is 0.270 e. The molecule has 2 aromatic heterocycles. The number of H-pyrrole nitrogens is 1. The number of carbonyl (C=O) groups is 1. The van der Waals surface area contributed by atoms with Gasteiger partial charge in [0, 0.05) is 34.4 Å². The molecule has 6 rings (SSSR count). The Balaban J connectivity index is 1.50. The summed E-state index contributed by atoms with van der Waals surface area (Å²) in [4.78, 5) is 23.0. The fourth-order valence-electron chi connectivity index (χ4n) is 5.04. The monoisotopic (exact) mass is 583 g/mol. The highest BCUT2D eigenvalue weighted by atomic mass is 127. The van der Waals surface area contributed by atoms with Gasteiger partial charge in [-0.2, -0.15) is 5.10 Å². The minimum absolute atomic E-state index is 0.215. The van der Waals surface area contributed by atoms with Gasteiger partial charge in [-0.1, -0.05) is 91.0 Å². The van der Waals surface area contributed by atoms with E-state index in [4.69, 9.17) is 0 Å². The highest BCUT2D eigenvalue weighted by Crippen LogP contribution is 2.38. The van der Waals surface area contributed by atoms with Crippen molar-refractivity contribution >= 4 is 28.5 Å². The summed E-state index contributed by atoms with van der Waals surface area (Å²) in [5.41, 5.74) is 5.94. The molecule has 0 saturated carbocycles. The molecule has 0 spiro atoms. The van der Waals surface area contributed by atoms with E-state index < -0.39 is 5.54 Å². The van der Waals surface area contributed by atoms with Crippen molar-refractivity contribution in [2.24, 2.45) is 0 Å². The number of nitrogens with one attached hydrogen (secondary N) is 2. The fraction of sp³-hybridized carbons (Fsp3) is 0.103. The van der Waals surface area contributed by atoms with Crippen LogP contribution in [0.2, 0.25) is 0 Å². The van der Waals surface area contributed by atoms with Gasteiger partial charge >= 0.3 is 0 Å². The molecule has 36 heavy (non-hydrogen) atoms. The summed E-state index contributed by atoms with van der Waals surface area (Å²) in [5.74, 6) is -0.215. The molecule has 0 atom stereocenters. The van der Waals surface area contributed by atoms with Gasteiger partial charge < -0.3 is 5.32 Å². The van der Waals surface area contributed by atoms with E-state index in [1.807, 2.05) is 60.8 Å². The summed E-state index contributed by atoms with van der Waals surface area (Å²) in [5, 5.41) is 11.0. The lowest BCUT2D eigenvalue weighted by Crippen LogP contribution is -2.48. The molecule has 3 aromatic carbocycles. The highest BCUT2D eigenvalue weighted by Gasteiger charge is 2.39. The zero-order valence-electron chi connectivity index (χ0n) is 19.3. The number of carbonyl (C=O) groups excluding carboxylic acids is 1. The van der Waals surface area contributed by atoms with Crippen LogP contribution in [0.15, 0.2) is 97.2 Å². The average Bonchev–Trinajstić information content (AvgIpc) is 3.38. The molecular formula is C29H22IN5O. The van der Waals surface area contributed by atoms with E-state index >= 15 is 0 Å². The number of rotatable bonds is 5. The Hall–Kier alpha value is -3.85. The third-order valence-corrected chi connectivity index (χ3v) is 7.24. The van der Waals surface area contributed by atoms with Crippen molar-refractivity contribution in [3.63, 3.8) is 0 Å². The molecule has 0 radical (unpaired) electrons. The first kappa shape index (κ1) is 22.6. The Kier molecular flexibility index (Phi) is 5.85. The Morgan fingerprint density at radius 2 is 1.36 bits per heavy atom. The van der Waals surface area contributed by atoms with Crippen molar-refractivity contribution in [3.05, 3.63) is 135 Å². The molecule has 1 amide bonds. The van der Waals surface area contributed by atoms with E-state index in [-0.39, 0.29) is 5.91 Å². The second-order valence-electron chi connectivity index (χ2n) is 8.74. The lowest BCUT2D eigenvalue weighted by atomic mass is 9.76. The summed E-state index contributed by atoms with van der Waals surface area (Å²) in [7, 11) is 0. The molecule has 0 aliphatic heterocycles. The first-order valence-corrected chi connectivity index (χ1v) is 12.8. The summed E-state index contributed by atoms with van der Waals surface area (Å²) < 4.78 is 0.657. The molecule has 0 unspecified atom stereocenters. The SMILES string of the molecule is O=C(NC(c1ccccc1)(c1ccccc1)c1ccccc1)c1[nH]nc2c1CCc1cnc(I)nc1-2. The quantitative estimate of drug-likeness (QED) is 0.167. The number of aromatic nitrogens is 4. The number of aryl methyl sites for hydroxylation is 1. The molecular weight excluding hydrogens is 561 g/mol. The van der Waals surface area contributed by atoms with Gasteiger partial charge in [0.2, 0.25) is 0 Å². The van der Waals surface area contributed by atoms with Gasteiger partial charge in [-0.05, 0) is 35.1 Å². The van der Waals surface area contributed by atoms with Gasteiger partial charge in [0.25, 0.3) is 5.91 Å². The van der Waals surface area contributed by atoms with Gasteiger partial charge in [0.1, 0.15) is 16.9 Å². The second-order valence-corrected chi connectivity index (χ2v) is 9.71. The van der Waals surface area contributed by atoms with Crippen LogP contribution in [0.3, 0.4) is 0 Å². The van der Waals surface area contributed by atoms with E-state index in [0.29, 0.717) is 15.9 Å². The van der Waals surface area contributed by atoms with Crippen LogP contribution in [0, 0.1) is 3.83 Å². The van der Waals surface area contributed by atoms with Crippen LogP contribution in [0.4, 0.5) is 0 Å². The first-order chi connectivity index (χ1) is 17.7. The lowest BCUT2D eigenvalue weighted by molar-refractivity contribution is 0.0918. The maximum absolute atomic E-state index is 14.1. The Labute approximate surface area is 222 Å². The molecule has 5 aromatic rings. The number of hydrogen-bond acceptors (Lipinski definition) is 4. The standard InChI is InChI=1S/C29H22IN5O/c30-28-31-18-19-16-17-23-25(24(19)32-28)34-35-26(23)27(36)33-29(20-10-4-1-5-11-20,21-12-6-2-7-13-21)22-14-8-3-9-15-22/h1-15,18H,16-17H2,(H,33,36)(H,34,35). The van der Waals surface area contributed by atoms with E-state index in [1.54, 1.807) is 0 Å². The van der Waals surface area contributed by atoms with Crippen LogP contribution in [-0.4, -0.2) is 26.1 Å². The molecule has 0 saturated heterocycles. The van der Waals surface area contributed by atoms with Crippen molar-refractivity contribution in [1.82, 2.24) is 25.5 Å². The highest BCUT2D eigenvalue weighted by molar-refractivity contribution is 14.1. The summed E-state index contributed by atoms with van der Waals surface area (Å²) in [6.07, 6.45) is 3.31. The fourth-order valence-corrected chi connectivity index (χ4v) is 5.42. The van der Waals surface area contributed by atoms with Gasteiger partial charge in [0.05, 0.1) is 5.69 Å². The smallest absolute Gasteiger partial charge is 0.270 e. The molecule has 7 heteroatoms. The molecule has 1 aliphatic carbocycles. The third-order valence-electron chi connectivity index (χ3n) is 6.72. The number of halogens is 1. The van der Waals surface area contributed by atoms with E-state index in [9.17, 15) is 4.79 Å². The largest absolute Gasteiger partial charge is 0.333 e. The number of fused-ring (bicyclic) bond motifs is 3. The molecule has 2 heterocycles. The normalized spacial score (nSPS) is 12.5. The summed E-state index contributed by atoms with van der Waals surface area (Å²) in [6, 6.07) is 30.3. The molecule has 6 nitrogen and oxygen atoms in total. The van der Waals surface area contributed by atoms with Crippen LogP contribution in [-0.2, 0) is 18.4 Å². The summed E-state index contributed by atoms with van der Waals surface area (Å²) >= 11 is 2.10. The minimum atomic E-state index is -0.900. The van der Waals surface area contributed by atoms with Gasteiger partial charge in [-0.15, -0.1) is 0 Å². The third kappa shape index (κ3) is 3.80. The molecule has 0 fully saturated rings. The van der Waals surface area contributed by atoms with Crippen molar-refractivity contribution in [2.45, 2.75) is 18.4 Å². The lowest BCUT2D eigenvalue weighted by Gasteiger charge is -2.36. The van der Waals surface area contributed by atoms with Gasteiger partial charge in [0.15, 0.2) is 3.83 Å². The second kappa shape index (κ2) is 9.31. The van der Waals surface area contributed by atoms with Crippen LogP contribution in [0.25, 0.3) is 11.4 Å². The maximum atomic E-state index is 14.1. The molecule has 2 N–H and O–H groups in total. The number of amides is 1. The zero-order chi connectivity index (χ0) is 24.5. The van der Waals surface area contributed by atoms with Gasteiger partial charge in [-0.3, -0.25) is 9.89 Å². The van der Waals surface area contributed by atoms with Crippen LogP contribution in [0.1, 0.15) is 38.3 Å². The summed E-state index contributed by atoms with van der Waals surface area (Å²) in [6.45, 7) is 0. The van der Waals surface area contributed by atoms with Crippen molar-refractivity contribution in [3.8, 4) is 11.4 Å². The molecule has 176 valence electrons. The van der Waals surface area contributed by atoms with Crippen molar-refractivity contribution < 1.29 is 4.79 Å². The van der Waals surface area contributed by atoms with E-state index in [0.717, 1.165) is 45.6 Å². The van der Waals surface area contributed by atoms with E-state index in [1.165, 1.54) is 0 Å². The molecule has 0 bridgehead atoms. The van der Waals surface area contributed by atoms with Gasteiger partial charge in [-0.25, -0.2) is 9.97 Å². The Morgan fingerprint density at radius 1 is 0.806 bits per heavy atom. The topological polar surface area (TPSA) is 83.6 Å². The van der Waals surface area contributed by atoms with Crippen LogP contribution in [0.5, 0.6) is 0 Å². The Bertz CT molecular complexity index is 1440.